The van der Waals surface area contributed by atoms with Crippen molar-refractivity contribution in [2.75, 3.05) is 0 Å². The van der Waals surface area contributed by atoms with E-state index in [2.05, 4.69) is 72.6 Å². The molecule has 0 aliphatic carbocycles. The summed E-state index contributed by atoms with van der Waals surface area (Å²) in [7, 11) is 0. The number of nitrogens with one attached hydrogen (secondary N) is 2. The summed E-state index contributed by atoms with van der Waals surface area (Å²) in [6, 6.07) is 22.2. The Morgan fingerprint density at radius 2 is 0.920 bits per heavy atom. The van der Waals surface area contributed by atoms with Crippen LogP contribution in [0, 0.1) is 0 Å². The molecule has 4 N–H and O–H groups in total. The SMILES string of the molecule is CCC(C)(C)c1cc(CNC(=O)C(=O)NCc2cc(C(C)(C)CC)cc(-n3nc4ccccc4n3)c2O)c(O)c(-n2nc3ccccc3n2)c1. The minimum absolute atomic E-state index is 0.102. The molecule has 0 spiro atoms. The highest BCUT2D eigenvalue weighted by molar-refractivity contribution is 6.35. The number of hydrogen-bond acceptors (Lipinski definition) is 8. The lowest BCUT2D eigenvalue weighted by Gasteiger charge is -2.25. The van der Waals surface area contributed by atoms with Gasteiger partial charge in [-0.2, -0.15) is 0 Å². The minimum atomic E-state index is -0.890. The summed E-state index contributed by atoms with van der Waals surface area (Å²) in [6.45, 7) is 12.3. The standard InChI is InChI=1S/C38H42N8O4/c1-7-37(3,4)25-17-23(33(47)31(19-25)45-41-27-13-9-10-14-28(27)42-45)21-39-35(49)36(50)40-22-24-18-26(38(5,6)8-2)20-32(34(24)48)46-43-29-15-11-12-16-30(29)44-46/h9-20,47-48H,7-8,21-22H2,1-6H3,(H,39,49)(H,40,50). The Hall–Kier alpha value is -5.78. The average Bonchev–Trinajstić information content (AvgIpc) is 3.75. The third kappa shape index (κ3) is 6.60. The molecule has 2 aromatic heterocycles. The molecule has 0 atom stereocenters. The molecule has 6 rings (SSSR count). The Morgan fingerprint density at radius 3 is 1.22 bits per heavy atom. The Bertz CT molecular complexity index is 2010. The third-order valence-corrected chi connectivity index (χ3v) is 9.76. The van der Waals surface area contributed by atoms with Crippen LogP contribution in [0.4, 0.5) is 0 Å². The van der Waals surface area contributed by atoms with E-state index < -0.39 is 11.8 Å². The molecule has 2 heterocycles. The Balaban J connectivity index is 1.23. The lowest BCUT2D eigenvalue weighted by Crippen LogP contribution is -2.39. The van der Waals surface area contributed by atoms with Crippen molar-refractivity contribution in [1.82, 2.24) is 40.6 Å². The van der Waals surface area contributed by atoms with Crippen molar-refractivity contribution in [3.63, 3.8) is 0 Å². The van der Waals surface area contributed by atoms with Gasteiger partial charge in [0.2, 0.25) is 0 Å². The fourth-order valence-corrected chi connectivity index (χ4v) is 5.57. The van der Waals surface area contributed by atoms with Gasteiger partial charge in [0.1, 0.15) is 44.9 Å². The van der Waals surface area contributed by atoms with E-state index >= 15 is 0 Å². The van der Waals surface area contributed by atoms with Gasteiger partial charge in [0, 0.05) is 24.2 Å². The summed E-state index contributed by atoms with van der Waals surface area (Å²) < 4.78 is 0. The van der Waals surface area contributed by atoms with Crippen molar-refractivity contribution in [1.29, 1.82) is 0 Å². The van der Waals surface area contributed by atoms with E-state index in [1.54, 1.807) is 0 Å². The van der Waals surface area contributed by atoms with E-state index in [1.807, 2.05) is 72.8 Å². The fourth-order valence-electron chi connectivity index (χ4n) is 5.57. The van der Waals surface area contributed by atoms with Gasteiger partial charge in [-0.05, 0) is 83.3 Å². The molecule has 12 nitrogen and oxygen atoms in total. The molecular weight excluding hydrogens is 632 g/mol. The van der Waals surface area contributed by atoms with Gasteiger partial charge in [-0.25, -0.2) is 0 Å². The van der Waals surface area contributed by atoms with Gasteiger partial charge in [-0.15, -0.1) is 30.0 Å². The quantitative estimate of drug-likeness (QED) is 0.131. The van der Waals surface area contributed by atoms with Crippen molar-refractivity contribution < 1.29 is 19.8 Å². The van der Waals surface area contributed by atoms with E-state index in [4.69, 9.17) is 0 Å². The second kappa shape index (κ2) is 13.3. The highest BCUT2D eigenvalue weighted by Gasteiger charge is 2.26. The molecule has 0 bridgehead atoms. The van der Waals surface area contributed by atoms with Crippen molar-refractivity contribution >= 4 is 33.9 Å². The van der Waals surface area contributed by atoms with Gasteiger partial charge >= 0.3 is 11.8 Å². The summed E-state index contributed by atoms with van der Waals surface area (Å²) in [5, 5.41) is 46.2. The molecule has 258 valence electrons. The zero-order valence-electron chi connectivity index (χ0n) is 29.2. The van der Waals surface area contributed by atoms with Gasteiger partial charge in [-0.1, -0.05) is 65.8 Å². The van der Waals surface area contributed by atoms with E-state index in [9.17, 15) is 19.8 Å². The van der Waals surface area contributed by atoms with E-state index in [0.717, 1.165) is 24.0 Å². The maximum absolute atomic E-state index is 13.1. The van der Waals surface area contributed by atoms with E-state index in [1.165, 1.54) is 9.59 Å². The first-order chi connectivity index (χ1) is 23.8. The van der Waals surface area contributed by atoms with Gasteiger partial charge in [0.25, 0.3) is 0 Å². The zero-order valence-corrected chi connectivity index (χ0v) is 29.2. The van der Waals surface area contributed by atoms with Crippen molar-refractivity contribution in [3.8, 4) is 22.9 Å². The van der Waals surface area contributed by atoms with Crippen LogP contribution in [0.3, 0.4) is 0 Å². The van der Waals surface area contributed by atoms with Gasteiger partial charge in [-0.3, -0.25) is 9.59 Å². The number of carbonyl (C=O) groups is 2. The highest BCUT2D eigenvalue weighted by Crippen LogP contribution is 2.36. The number of carbonyl (C=O) groups excluding carboxylic acids is 2. The third-order valence-electron chi connectivity index (χ3n) is 9.76. The molecule has 12 heteroatoms. The second-order valence-electron chi connectivity index (χ2n) is 13.8. The zero-order chi connectivity index (χ0) is 35.8. The normalized spacial score (nSPS) is 12.0. The highest BCUT2D eigenvalue weighted by atomic mass is 16.3. The van der Waals surface area contributed by atoms with Crippen LogP contribution in [0.5, 0.6) is 11.5 Å². The molecule has 4 aromatic carbocycles. The number of hydrogen-bond donors (Lipinski definition) is 4. The van der Waals surface area contributed by atoms with Crippen LogP contribution in [0.1, 0.15) is 76.6 Å². The molecule has 6 aromatic rings. The lowest BCUT2D eigenvalue weighted by molar-refractivity contribution is -0.139. The summed E-state index contributed by atoms with van der Waals surface area (Å²) in [6.07, 6.45) is 1.63. The molecule has 0 fully saturated rings. The van der Waals surface area contributed by atoms with Crippen molar-refractivity contribution in [2.45, 2.75) is 78.3 Å². The van der Waals surface area contributed by atoms with Gasteiger partial charge in [0.15, 0.2) is 0 Å². The Morgan fingerprint density at radius 1 is 0.600 bits per heavy atom. The van der Waals surface area contributed by atoms with Gasteiger partial charge in [0.05, 0.1) is 0 Å². The number of rotatable bonds is 10. The van der Waals surface area contributed by atoms with Crippen LogP contribution in [-0.2, 0) is 33.5 Å². The summed E-state index contributed by atoms with van der Waals surface area (Å²) in [4.78, 5) is 29.0. The van der Waals surface area contributed by atoms with Crippen LogP contribution in [0.15, 0.2) is 72.8 Å². The van der Waals surface area contributed by atoms with Gasteiger partial charge < -0.3 is 20.8 Å². The Kier molecular flexibility index (Phi) is 9.04. The maximum atomic E-state index is 13.1. The minimum Gasteiger partial charge on any atom is -0.505 e. The number of benzene rings is 4. The fraction of sp³-hybridized carbons (Fsp3) is 0.316. The number of phenolic OH excluding ortho intramolecular Hbond substituents is 2. The monoisotopic (exact) mass is 674 g/mol. The number of nitrogens with zero attached hydrogens (tertiary/aromatic N) is 6. The van der Waals surface area contributed by atoms with Crippen molar-refractivity contribution in [2.24, 2.45) is 0 Å². The number of amides is 2. The summed E-state index contributed by atoms with van der Waals surface area (Å²) >= 11 is 0. The summed E-state index contributed by atoms with van der Waals surface area (Å²) in [5.41, 5.74) is 5.59. The van der Waals surface area contributed by atoms with E-state index in [-0.39, 0.29) is 35.4 Å². The molecule has 0 radical (unpaired) electrons. The van der Waals surface area contributed by atoms with Crippen molar-refractivity contribution in [3.05, 3.63) is 95.1 Å². The topological polar surface area (TPSA) is 160 Å². The second-order valence-corrected chi connectivity index (χ2v) is 13.8. The molecule has 0 saturated heterocycles. The number of aromatic hydroxyl groups is 2. The Labute approximate surface area is 290 Å². The number of phenols is 2. The molecule has 50 heavy (non-hydrogen) atoms. The first kappa shape index (κ1) is 34.1. The molecule has 0 saturated carbocycles. The molecule has 0 unspecified atom stereocenters. The maximum Gasteiger partial charge on any atom is 0.309 e. The lowest BCUT2D eigenvalue weighted by atomic mass is 9.81. The number of fused-ring (bicyclic) bond motifs is 2. The predicted molar refractivity (Wildman–Crippen MR) is 191 cm³/mol. The first-order valence-electron chi connectivity index (χ1n) is 16.7. The molecule has 0 aliphatic rings. The van der Waals surface area contributed by atoms with Crippen LogP contribution in [0.2, 0.25) is 0 Å². The van der Waals surface area contributed by atoms with Crippen LogP contribution in [0.25, 0.3) is 33.4 Å². The average molecular weight is 675 g/mol. The molecule has 0 aliphatic heterocycles. The van der Waals surface area contributed by atoms with Crippen LogP contribution < -0.4 is 10.6 Å². The molecular formula is C38H42N8O4. The molecule has 2 amide bonds. The summed E-state index contributed by atoms with van der Waals surface area (Å²) in [5.74, 6) is -1.98. The van der Waals surface area contributed by atoms with Crippen LogP contribution >= 0.6 is 0 Å². The largest absolute Gasteiger partial charge is 0.505 e. The van der Waals surface area contributed by atoms with E-state index in [0.29, 0.717) is 44.6 Å². The smallest absolute Gasteiger partial charge is 0.309 e. The van der Waals surface area contributed by atoms with Crippen LogP contribution in [-0.4, -0.2) is 52.0 Å². The predicted octanol–water partition coefficient (Wildman–Crippen LogP) is 5.87. The first-order valence-corrected chi connectivity index (χ1v) is 16.7. The number of aromatic nitrogens is 6.